The Bertz CT molecular complexity index is 409. The lowest BCUT2D eigenvalue weighted by atomic mass is 10.1. The molecule has 1 aromatic carbocycles. The SMILES string of the molecule is NC(=O)COCCNCC(O)c1c(F)cccc1F. The van der Waals surface area contributed by atoms with E-state index in [0.29, 0.717) is 6.54 Å². The molecule has 1 unspecified atom stereocenters. The van der Waals surface area contributed by atoms with Gasteiger partial charge in [-0.05, 0) is 12.1 Å². The van der Waals surface area contributed by atoms with E-state index < -0.39 is 23.6 Å². The maximum atomic E-state index is 13.3. The zero-order valence-electron chi connectivity index (χ0n) is 10.2. The number of aliphatic hydroxyl groups excluding tert-OH is 1. The molecule has 1 rings (SSSR count). The number of halogens is 2. The first-order valence-electron chi connectivity index (χ1n) is 5.71. The van der Waals surface area contributed by atoms with Crippen LogP contribution in [0.15, 0.2) is 18.2 Å². The van der Waals surface area contributed by atoms with Gasteiger partial charge in [0.25, 0.3) is 0 Å². The quantitative estimate of drug-likeness (QED) is 0.587. The minimum atomic E-state index is -1.29. The minimum Gasteiger partial charge on any atom is -0.387 e. The highest BCUT2D eigenvalue weighted by Gasteiger charge is 2.16. The van der Waals surface area contributed by atoms with Crippen LogP contribution in [0.4, 0.5) is 8.78 Å². The largest absolute Gasteiger partial charge is 0.387 e. The molecule has 19 heavy (non-hydrogen) atoms. The normalized spacial score (nSPS) is 12.4. The Morgan fingerprint density at radius 3 is 2.63 bits per heavy atom. The van der Waals surface area contributed by atoms with E-state index in [0.717, 1.165) is 12.1 Å². The van der Waals surface area contributed by atoms with Crippen molar-refractivity contribution in [3.8, 4) is 0 Å². The van der Waals surface area contributed by atoms with Crippen molar-refractivity contribution in [3.63, 3.8) is 0 Å². The van der Waals surface area contributed by atoms with Crippen molar-refractivity contribution in [2.75, 3.05) is 26.3 Å². The molecule has 0 aromatic heterocycles. The molecular weight excluding hydrogens is 258 g/mol. The molecule has 0 spiro atoms. The zero-order valence-corrected chi connectivity index (χ0v) is 10.2. The van der Waals surface area contributed by atoms with Crippen molar-refractivity contribution in [2.24, 2.45) is 5.73 Å². The zero-order chi connectivity index (χ0) is 14.3. The van der Waals surface area contributed by atoms with E-state index in [1.54, 1.807) is 0 Å². The van der Waals surface area contributed by atoms with Gasteiger partial charge in [0.05, 0.1) is 18.3 Å². The molecule has 0 radical (unpaired) electrons. The van der Waals surface area contributed by atoms with E-state index in [-0.39, 0.29) is 25.3 Å². The Kier molecular flexibility index (Phi) is 6.34. The summed E-state index contributed by atoms with van der Waals surface area (Å²) in [4.78, 5) is 10.4. The number of hydrogen-bond donors (Lipinski definition) is 3. The third-order valence-electron chi connectivity index (χ3n) is 2.34. The molecule has 106 valence electrons. The summed E-state index contributed by atoms with van der Waals surface area (Å²) in [7, 11) is 0. The van der Waals surface area contributed by atoms with Crippen LogP contribution in [0.2, 0.25) is 0 Å². The van der Waals surface area contributed by atoms with Gasteiger partial charge in [-0.1, -0.05) is 6.07 Å². The number of rotatable bonds is 8. The third-order valence-corrected chi connectivity index (χ3v) is 2.34. The number of aliphatic hydroxyl groups is 1. The fourth-order valence-electron chi connectivity index (χ4n) is 1.49. The van der Waals surface area contributed by atoms with Crippen LogP contribution in [0, 0.1) is 11.6 Å². The average Bonchev–Trinajstić information content (AvgIpc) is 2.33. The monoisotopic (exact) mass is 274 g/mol. The van der Waals surface area contributed by atoms with Crippen LogP contribution in [0.3, 0.4) is 0 Å². The highest BCUT2D eigenvalue weighted by atomic mass is 19.1. The van der Waals surface area contributed by atoms with Gasteiger partial charge in [-0.25, -0.2) is 8.78 Å². The summed E-state index contributed by atoms with van der Waals surface area (Å²) < 4.78 is 31.5. The summed E-state index contributed by atoms with van der Waals surface area (Å²) in [6, 6.07) is 3.39. The molecule has 7 heteroatoms. The van der Waals surface area contributed by atoms with Crippen molar-refractivity contribution < 1.29 is 23.4 Å². The van der Waals surface area contributed by atoms with Crippen molar-refractivity contribution >= 4 is 5.91 Å². The molecule has 1 amide bonds. The molecule has 0 aliphatic heterocycles. The molecular formula is C12H16F2N2O3. The predicted molar refractivity (Wildman–Crippen MR) is 64.2 cm³/mol. The first-order chi connectivity index (χ1) is 9.02. The molecule has 0 fully saturated rings. The molecule has 5 nitrogen and oxygen atoms in total. The van der Waals surface area contributed by atoms with Crippen molar-refractivity contribution in [2.45, 2.75) is 6.10 Å². The number of primary amides is 1. The number of hydrogen-bond acceptors (Lipinski definition) is 4. The Hall–Kier alpha value is -1.57. The highest BCUT2D eigenvalue weighted by Crippen LogP contribution is 2.19. The second-order valence-electron chi connectivity index (χ2n) is 3.87. The second-order valence-corrected chi connectivity index (χ2v) is 3.87. The Morgan fingerprint density at radius 2 is 2.05 bits per heavy atom. The van der Waals surface area contributed by atoms with Gasteiger partial charge in [-0.3, -0.25) is 4.79 Å². The summed E-state index contributed by atoms with van der Waals surface area (Å²) in [5, 5.41) is 12.4. The number of amides is 1. The van der Waals surface area contributed by atoms with Gasteiger partial charge in [0.1, 0.15) is 18.2 Å². The number of ether oxygens (including phenoxy) is 1. The summed E-state index contributed by atoms with van der Waals surface area (Å²) in [6.45, 7) is 0.305. The average molecular weight is 274 g/mol. The Labute approximate surface area is 109 Å². The summed E-state index contributed by atoms with van der Waals surface area (Å²) in [6.07, 6.45) is -1.29. The van der Waals surface area contributed by atoms with Gasteiger partial charge in [-0.2, -0.15) is 0 Å². The molecule has 0 aliphatic carbocycles. The number of benzene rings is 1. The second kappa shape index (κ2) is 7.78. The smallest absolute Gasteiger partial charge is 0.243 e. The fraction of sp³-hybridized carbons (Fsp3) is 0.417. The van der Waals surface area contributed by atoms with Gasteiger partial charge in [0, 0.05) is 13.1 Å². The number of carbonyl (C=O) groups excluding carboxylic acids is 1. The maximum absolute atomic E-state index is 13.3. The number of nitrogens with two attached hydrogens (primary N) is 1. The van der Waals surface area contributed by atoms with Crippen LogP contribution in [0.5, 0.6) is 0 Å². The van der Waals surface area contributed by atoms with Crippen LogP contribution in [-0.2, 0) is 9.53 Å². The Morgan fingerprint density at radius 1 is 1.42 bits per heavy atom. The topological polar surface area (TPSA) is 84.6 Å². The molecule has 1 atom stereocenters. The predicted octanol–water partition coefficient (Wildman–Crippen LogP) is 0.0897. The van der Waals surface area contributed by atoms with E-state index in [1.165, 1.54) is 6.07 Å². The molecule has 4 N–H and O–H groups in total. The van der Waals surface area contributed by atoms with E-state index >= 15 is 0 Å². The number of carbonyl (C=O) groups is 1. The van der Waals surface area contributed by atoms with E-state index in [9.17, 15) is 18.7 Å². The van der Waals surface area contributed by atoms with Crippen molar-refractivity contribution in [3.05, 3.63) is 35.4 Å². The van der Waals surface area contributed by atoms with Gasteiger partial charge >= 0.3 is 0 Å². The van der Waals surface area contributed by atoms with E-state index in [4.69, 9.17) is 10.5 Å². The van der Waals surface area contributed by atoms with Gasteiger partial charge < -0.3 is 20.9 Å². The fourth-order valence-corrected chi connectivity index (χ4v) is 1.49. The van der Waals surface area contributed by atoms with Crippen LogP contribution in [0.1, 0.15) is 11.7 Å². The van der Waals surface area contributed by atoms with Gasteiger partial charge in [0.15, 0.2) is 0 Å². The molecule has 1 aromatic rings. The summed E-state index contributed by atoms with van der Waals surface area (Å²) in [5.74, 6) is -2.16. The molecule has 0 saturated carbocycles. The Balaban J connectivity index is 2.31. The van der Waals surface area contributed by atoms with Crippen molar-refractivity contribution in [1.82, 2.24) is 5.32 Å². The third kappa shape index (κ3) is 5.29. The lowest BCUT2D eigenvalue weighted by Crippen LogP contribution is -2.27. The van der Waals surface area contributed by atoms with Crippen LogP contribution >= 0.6 is 0 Å². The lowest BCUT2D eigenvalue weighted by Gasteiger charge is -2.13. The standard InChI is InChI=1S/C12H16F2N2O3/c13-8-2-1-3-9(14)12(8)10(17)6-16-4-5-19-7-11(15)18/h1-3,10,16-17H,4-7H2,(H2,15,18). The van der Waals surface area contributed by atoms with Crippen molar-refractivity contribution in [1.29, 1.82) is 0 Å². The first kappa shape index (κ1) is 15.5. The van der Waals surface area contributed by atoms with E-state index in [1.807, 2.05) is 0 Å². The van der Waals surface area contributed by atoms with Crippen LogP contribution in [-0.4, -0.2) is 37.3 Å². The lowest BCUT2D eigenvalue weighted by molar-refractivity contribution is -0.122. The summed E-state index contributed by atoms with van der Waals surface area (Å²) >= 11 is 0. The van der Waals surface area contributed by atoms with Gasteiger partial charge in [-0.15, -0.1) is 0 Å². The molecule has 0 aliphatic rings. The van der Waals surface area contributed by atoms with E-state index in [2.05, 4.69) is 5.32 Å². The van der Waals surface area contributed by atoms with Gasteiger partial charge in [0.2, 0.25) is 5.91 Å². The molecule has 0 heterocycles. The minimum absolute atomic E-state index is 0.0300. The van der Waals surface area contributed by atoms with Crippen LogP contribution in [0.25, 0.3) is 0 Å². The maximum Gasteiger partial charge on any atom is 0.243 e. The highest BCUT2D eigenvalue weighted by molar-refractivity contribution is 5.74. The first-order valence-corrected chi connectivity index (χ1v) is 5.71. The number of nitrogens with one attached hydrogen (secondary N) is 1. The molecule has 0 bridgehead atoms. The summed E-state index contributed by atoms with van der Waals surface area (Å²) in [5.41, 5.74) is 4.49. The van der Waals surface area contributed by atoms with Crippen LogP contribution < -0.4 is 11.1 Å². The molecule has 0 saturated heterocycles.